The molecule has 0 saturated carbocycles. The standard InChI is InChI=1S/C18H19N/c1-19(14-15-8-3-2-4-9-15)18-13-7-11-16-10-5-6-12-17(16)18/h2-3,5-8,10-13H,4,9,14H2,1H3. The molecule has 0 heterocycles. The average molecular weight is 249 g/mol. The summed E-state index contributed by atoms with van der Waals surface area (Å²) in [7, 11) is 2.18. The lowest BCUT2D eigenvalue weighted by molar-refractivity contribution is 0.876. The molecule has 0 unspecified atom stereocenters. The molecule has 0 amide bonds. The second kappa shape index (κ2) is 5.31. The Morgan fingerprint density at radius 1 is 1.05 bits per heavy atom. The minimum atomic E-state index is 1.01. The molecule has 1 heteroatoms. The zero-order valence-corrected chi connectivity index (χ0v) is 11.3. The fourth-order valence-corrected chi connectivity index (χ4v) is 2.72. The molecule has 0 aliphatic heterocycles. The van der Waals surface area contributed by atoms with Crippen LogP contribution in [0.25, 0.3) is 10.8 Å². The minimum absolute atomic E-state index is 1.01. The second-order valence-corrected chi connectivity index (χ2v) is 5.15. The van der Waals surface area contributed by atoms with Crippen LogP contribution < -0.4 is 4.90 Å². The SMILES string of the molecule is CN(CC1=CC=CCC1)c1cccc2ccccc12. The predicted molar refractivity (Wildman–Crippen MR) is 83.7 cm³/mol. The van der Waals surface area contributed by atoms with Gasteiger partial charge in [-0.25, -0.2) is 0 Å². The number of likely N-dealkylation sites (N-methyl/N-ethyl adjacent to an activating group) is 1. The summed E-state index contributed by atoms with van der Waals surface area (Å²) < 4.78 is 0. The van der Waals surface area contributed by atoms with E-state index in [2.05, 4.69) is 72.6 Å². The van der Waals surface area contributed by atoms with Crippen LogP contribution in [0.5, 0.6) is 0 Å². The molecule has 0 saturated heterocycles. The van der Waals surface area contributed by atoms with Crippen LogP contribution >= 0.6 is 0 Å². The van der Waals surface area contributed by atoms with Gasteiger partial charge in [0.1, 0.15) is 0 Å². The summed E-state index contributed by atoms with van der Waals surface area (Å²) in [4.78, 5) is 2.35. The lowest BCUT2D eigenvalue weighted by atomic mass is 10.0. The van der Waals surface area contributed by atoms with E-state index >= 15 is 0 Å². The zero-order chi connectivity index (χ0) is 13.1. The molecule has 2 aromatic rings. The molecule has 1 nitrogen and oxygen atoms in total. The van der Waals surface area contributed by atoms with E-state index in [9.17, 15) is 0 Å². The van der Waals surface area contributed by atoms with Gasteiger partial charge >= 0.3 is 0 Å². The summed E-state index contributed by atoms with van der Waals surface area (Å²) in [5.74, 6) is 0. The number of hydrogen-bond donors (Lipinski definition) is 0. The Hall–Kier alpha value is -2.02. The van der Waals surface area contributed by atoms with Crippen LogP contribution in [0.3, 0.4) is 0 Å². The van der Waals surface area contributed by atoms with Crippen molar-refractivity contribution in [1.82, 2.24) is 0 Å². The number of fused-ring (bicyclic) bond motifs is 1. The Morgan fingerprint density at radius 3 is 2.74 bits per heavy atom. The van der Waals surface area contributed by atoms with Gasteiger partial charge in [-0.05, 0) is 24.3 Å². The fraction of sp³-hybridized carbons (Fsp3) is 0.222. The summed E-state index contributed by atoms with van der Waals surface area (Å²) in [6, 6.07) is 15.1. The predicted octanol–water partition coefficient (Wildman–Crippen LogP) is 4.55. The van der Waals surface area contributed by atoms with E-state index in [0.717, 1.165) is 6.54 Å². The Morgan fingerprint density at radius 2 is 1.89 bits per heavy atom. The third kappa shape index (κ3) is 2.55. The number of hydrogen-bond acceptors (Lipinski definition) is 1. The average Bonchev–Trinajstić information content (AvgIpc) is 2.47. The van der Waals surface area contributed by atoms with Crippen LogP contribution in [0.15, 0.2) is 66.3 Å². The molecule has 1 aliphatic carbocycles. The van der Waals surface area contributed by atoms with Crippen molar-refractivity contribution < 1.29 is 0 Å². The van der Waals surface area contributed by atoms with E-state index in [0.29, 0.717) is 0 Å². The van der Waals surface area contributed by atoms with E-state index in [1.54, 1.807) is 0 Å². The lowest BCUT2D eigenvalue weighted by Crippen LogP contribution is -2.20. The van der Waals surface area contributed by atoms with Gasteiger partial charge in [-0.1, -0.05) is 60.2 Å². The van der Waals surface area contributed by atoms with Gasteiger partial charge in [-0.2, -0.15) is 0 Å². The van der Waals surface area contributed by atoms with Gasteiger partial charge in [0.2, 0.25) is 0 Å². The second-order valence-electron chi connectivity index (χ2n) is 5.15. The maximum atomic E-state index is 2.35. The van der Waals surface area contributed by atoms with Gasteiger partial charge in [0.15, 0.2) is 0 Å². The molecule has 2 aromatic carbocycles. The summed E-state index contributed by atoms with van der Waals surface area (Å²) in [6.45, 7) is 1.01. The molecule has 19 heavy (non-hydrogen) atoms. The Bertz CT molecular complexity index is 632. The first kappa shape index (κ1) is 12.0. The Balaban J connectivity index is 1.91. The van der Waals surface area contributed by atoms with Crippen LogP contribution in [0.4, 0.5) is 5.69 Å². The molecule has 0 radical (unpaired) electrons. The quantitative estimate of drug-likeness (QED) is 0.771. The molecule has 0 aromatic heterocycles. The molecule has 1 aliphatic rings. The van der Waals surface area contributed by atoms with Crippen LogP contribution in [-0.4, -0.2) is 13.6 Å². The minimum Gasteiger partial charge on any atom is -0.370 e. The number of allylic oxidation sites excluding steroid dienone is 3. The summed E-state index contributed by atoms with van der Waals surface area (Å²) in [5.41, 5.74) is 2.83. The Kier molecular flexibility index (Phi) is 3.37. The van der Waals surface area contributed by atoms with Crippen LogP contribution in [0.1, 0.15) is 12.8 Å². The van der Waals surface area contributed by atoms with Crippen molar-refractivity contribution in [3.8, 4) is 0 Å². The Labute approximate surface area is 114 Å². The van der Waals surface area contributed by atoms with Gasteiger partial charge in [0.25, 0.3) is 0 Å². The normalized spacial score (nSPS) is 14.5. The van der Waals surface area contributed by atoms with E-state index in [1.165, 1.54) is 34.9 Å². The van der Waals surface area contributed by atoms with E-state index in [1.807, 2.05) is 0 Å². The summed E-state index contributed by atoms with van der Waals surface area (Å²) in [6.07, 6.45) is 9.03. The lowest BCUT2D eigenvalue weighted by Gasteiger charge is -2.23. The summed E-state index contributed by atoms with van der Waals surface area (Å²) in [5, 5.41) is 2.64. The highest BCUT2D eigenvalue weighted by molar-refractivity contribution is 5.94. The molecule has 0 fully saturated rings. The molecule has 96 valence electrons. The fourth-order valence-electron chi connectivity index (χ4n) is 2.72. The van der Waals surface area contributed by atoms with Gasteiger partial charge < -0.3 is 4.90 Å². The molecular weight excluding hydrogens is 230 g/mol. The van der Waals surface area contributed by atoms with Crippen molar-refractivity contribution in [3.63, 3.8) is 0 Å². The third-order valence-electron chi connectivity index (χ3n) is 3.72. The third-order valence-corrected chi connectivity index (χ3v) is 3.72. The van der Waals surface area contributed by atoms with E-state index in [-0.39, 0.29) is 0 Å². The summed E-state index contributed by atoms with van der Waals surface area (Å²) >= 11 is 0. The van der Waals surface area contributed by atoms with Crippen molar-refractivity contribution in [2.75, 3.05) is 18.5 Å². The van der Waals surface area contributed by atoms with Crippen molar-refractivity contribution in [2.45, 2.75) is 12.8 Å². The van der Waals surface area contributed by atoms with Crippen molar-refractivity contribution in [3.05, 3.63) is 66.3 Å². The maximum Gasteiger partial charge on any atom is 0.0446 e. The topological polar surface area (TPSA) is 3.24 Å². The van der Waals surface area contributed by atoms with E-state index in [4.69, 9.17) is 0 Å². The first-order valence-electron chi connectivity index (χ1n) is 6.88. The first-order chi connectivity index (χ1) is 9.34. The molecule has 0 spiro atoms. The molecule has 3 rings (SSSR count). The highest BCUT2D eigenvalue weighted by Crippen LogP contribution is 2.27. The highest BCUT2D eigenvalue weighted by Gasteiger charge is 2.08. The number of rotatable bonds is 3. The van der Waals surface area contributed by atoms with Crippen LogP contribution in [-0.2, 0) is 0 Å². The van der Waals surface area contributed by atoms with E-state index < -0.39 is 0 Å². The van der Waals surface area contributed by atoms with Gasteiger partial charge in [-0.15, -0.1) is 0 Å². The molecule has 0 bridgehead atoms. The van der Waals surface area contributed by atoms with Crippen LogP contribution in [0.2, 0.25) is 0 Å². The number of anilines is 1. The van der Waals surface area contributed by atoms with Gasteiger partial charge in [-0.3, -0.25) is 0 Å². The smallest absolute Gasteiger partial charge is 0.0446 e. The molecule has 0 N–H and O–H groups in total. The number of benzene rings is 2. The van der Waals surface area contributed by atoms with Gasteiger partial charge in [0.05, 0.1) is 0 Å². The maximum absolute atomic E-state index is 2.35. The van der Waals surface area contributed by atoms with Gasteiger partial charge in [0, 0.05) is 24.7 Å². The molecular formula is C18H19N. The first-order valence-corrected chi connectivity index (χ1v) is 6.88. The van der Waals surface area contributed by atoms with Crippen molar-refractivity contribution >= 4 is 16.5 Å². The number of nitrogens with zero attached hydrogens (tertiary/aromatic N) is 1. The monoisotopic (exact) mass is 249 g/mol. The largest absolute Gasteiger partial charge is 0.370 e. The zero-order valence-electron chi connectivity index (χ0n) is 11.3. The van der Waals surface area contributed by atoms with Crippen molar-refractivity contribution in [2.24, 2.45) is 0 Å². The molecule has 0 atom stereocenters. The van der Waals surface area contributed by atoms with Crippen LogP contribution in [0, 0.1) is 0 Å². The van der Waals surface area contributed by atoms with Crippen molar-refractivity contribution in [1.29, 1.82) is 0 Å². The highest BCUT2D eigenvalue weighted by atomic mass is 15.1.